The van der Waals surface area contributed by atoms with Gasteiger partial charge in [0.1, 0.15) is 5.75 Å². The molecule has 0 amide bonds. The number of aromatic hydroxyl groups is 1. The third kappa shape index (κ3) is 4.02. The van der Waals surface area contributed by atoms with Crippen LogP contribution in [0.2, 0.25) is 0 Å². The molecule has 3 heteroatoms. The third-order valence-corrected chi connectivity index (χ3v) is 2.26. The summed E-state index contributed by atoms with van der Waals surface area (Å²) < 4.78 is 4.60. The minimum absolute atomic E-state index is 0.179. The summed E-state index contributed by atoms with van der Waals surface area (Å²) in [6, 6.07) is 7.03. The summed E-state index contributed by atoms with van der Waals surface area (Å²) in [4.78, 5) is 11.0. The molecule has 0 unspecified atom stereocenters. The second-order valence-corrected chi connectivity index (χ2v) is 3.76. The largest absolute Gasteiger partial charge is 0.508 e. The molecule has 3 nitrogen and oxygen atoms in total. The van der Waals surface area contributed by atoms with Crippen LogP contribution in [0.4, 0.5) is 0 Å². The molecular formula is C12H16O3. The van der Waals surface area contributed by atoms with Gasteiger partial charge in [-0.1, -0.05) is 19.1 Å². The standard InChI is InChI=1S/C12H16O3/c1-9(8-12(14)15-2)7-10-3-5-11(13)6-4-10/h3-6,9,13H,7-8H2,1-2H3/t9-/m0/s1. The summed E-state index contributed by atoms with van der Waals surface area (Å²) in [5.74, 6) is 0.336. The van der Waals surface area contributed by atoms with E-state index in [-0.39, 0.29) is 17.6 Å². The number of methoxy groups -OCH3 is 1. The first-order valence-electron chi connectivity index (χ1n) is 4.96. The molecular weight excluding hydrogens is 192 g/mol. The number of carbonyl (C=O) groups excluding carboxylic acids is 1. The minimum Gasteiger partial charge on any atom is -0.508 e. The van der Waals surface area contributed by atoms with E-state index in [9.17, 15) is 4.79 Å². The van der Waals surface area contributed by atoms with Gasteiger partial charge in [-0.15, -0.1) is 0 Å². The van der Waals surface area contributed by atoms with Gasteiger partial charge in [0.15, 0.2) is 0 Å². The minimum atomic E-state index is -0.179. The average molecular weight is 208 g/mol. The zero-order valence-electron chi connectivity index (χ0n) is 9.06. The van der Waals surface area contributed by atoms with E-state index >= 15 is 0 Å². The van der Waals surface area contributed by atoms with Crippen molar-refractivity contribution in [1.82, 2.24) is 0 Å². The molecule has 0 spiro atoms. The summed E-state index contributed by atoms with van der Waals surface area (Å²) >= 11 is 0. The first-order chi connectivity index (χ1) is 7.11. The van der Waals surface area contributed by atoms with Crippen molar-refractivity contribution in [2.45, 2.75) is 19.8 Å². The Morgan fingerprint density at radius 2 is 2.00 bits per heavy atom. The van der Waals surface area contributed by atoms with Crippen molar-refractivity contribution in [2.75, 3.05) is 7.11 Å². The van der Waals surface area contributed by atoms with Crippen LogP contribution in [0.3, 0.4) is 0 Å². The van der Waals surface area contributed by atoms with E-state index in [0.29, 0.717) is 6.42 Å². The van der Waals surface area contributed by atoms with Gasteiger partial charge in [0.25, 0.3) is 0 Å². The maximum absolute atomic E-state index is 11.0. The van der Waals surface area contributed by atoms with Crippen LogP contribution in [-0.2, 0) is 16.0 Å². The van der Waals surface area contributed by atoms with E-state index in [2.05, 4.69) is 4.74 Å². The monoisotopic (exact) mass is 208 g/mol. The number of benzene rings is 1. The van der Waals surface area contributed by atoms with Crippen LogP contribution < -0.4 is 0 Å². The van der Waals surface area contributed by atoms with Crippen molar-refractivity contribution in [3.05, 3.63) is 29.8 Å². The van der Waals surface area contributed by atoms with Gasteiger partial charge in [-0.05, 0) is 30.0 Å². The lowest BCUT2D eigenvalue weighted by Gasteiger charge is -2.09. The molecule has 0 bridgehead atoms. The van der Waals surface area contributed by atoms with Crippen LogP contribution in [0, 0.1) is 5.92 Å². The summed E-state index contributed by atoms with van der Waals surface area (Å²) in [6.45, 7) is 2.00. The van der Waals surface area contributed by atoms with Gasteiger partial charge >= 0.3 is 5.97 Å². The van der Waals surface area contributed by atoms with Crippen molar-refractivity contribution < 1.29 is 14.6 Å². The zero-order valence-corrected chi connectivity index (χ0v) is 9.06. The number of phenols is 1. The van der Waals surface area contributed by atoms with E-state index in [1.807, 2.05) is 19.1 Å². The highest BCUT2D eigenvalue weighted by Gasteiger charge is 2.09. The van der Waals surface area contributed by atoms with Crippen molar-refractivity contribution >= 4 is 5.97 Å². The molecule has 1 rings (SSSR count). The van der Waals surface area contributed by atoms with Gasteiger partial charge in [0.05, 0.1) is 7.11 Å². The molecule has 0 radical (unpaired) electrons. The average Bonchev–Trinajstić information content (AvgIpc) is 2.21. The lowest BCUT2D eigenvalue weighted by molar-refractivity contribution is -0.141. The molecule has 0 aliphatic heterocycles. The summed E-state index contributed by atoms with van der Waals surface area (Å²) in [7, 11) is 1.40. The SMILES string of the molecule is COC(=O)C[C@@H](C)Cc1ccc(O)cc1. The fourth-order valence-electron chi connectivity index (χ4n) is 1.47. The van der Waals surface area contributed by atoms with E-state index in [1.165, 1.54) is 7.11 Å². The van der Waals surface area contributed by atoms with Crippen LogP contribution in [-0.4, -0.2) is 18.2 Å². The first kappa shape index (κ1) is 11.6. The molecule has 1 aromatic rings. The van der Waals surface area contributed by atoms with Gasteiger partial charge in [0, 0.05) is 6.42 Å². The molecule has 0 aliphatic carbocycles. The van der Waals surface area contributed by atoms with E-state index < -0.39 is 0 Å². The summed E-state index contributed by atoms with van der Waals surface area (Å²) in [5.41, 5.74) is 1.12. The summed E-state index contributed by atoms with van der Waals surface area (Å²) in [5, 5.41) is 9.10. The summed E-state index contributed by atoms with van der Waals surface area (Å²) in [6.07, 6.45) is 1.24. The fraction of sp³-hybridized carbons (Fsp3) is 0.417. The Kier molecular flexibility index (Phi) is 4.16. The second kappa shape index (κ2) is 5.39. The third-order valence-electron chi connectivity index (χ3n) is 2.26. The van der Waals surface area contributed by atoms with Crippen LogP contribution in [0.5, 0.6) is 5.75 Å². The van der Waals surface area contributed by atoms with Gasteiger partial charge in [-0.25, -0.2) is 0 Å². The molecule has 1 atom stereocenters. The highest BCUT2D eigenvalue weighted by atomic mass is 16.5. The predicted molar refractivity (Wildman–Crippen MR) is 57.6 cm³/mol. The first-order valence-corrected chi connectivity index (χ1v) is 4.96. The molecule has 1 aromatic carbocycles. The van der Waals surface area contributed by atoms with Gasteiger partial charge in [0.2, 0.25) is 0 Å². The number of carbonyl (C=O) groups is 1. The number of esters is 1. The Bertz CT molecular complexity index is 316. The van der Waals surface area contributed by atoms with E-state index in [4.69, 9.17) is 5.11 Å². The zero-order chi connectivity index (χ0) is 11.3. The lowest BCUT2D eigenvalue weighted by atomic mass is 9.98. The van der Waals surface area contributed by atoms with E-state index in [1.54, 1.807) is 12.1 Å². The smallest absolute Gasteiger partial charge is 0.305 e. The van der Waals surface area contributed by atoms with Crippen LogP contribution in [0.1, 0.15) is 18.9 Å². The van der Waals surface area contributed by atoms with Gasteiger partial charge in [-0.3, -0.25) is 4.79 Å². The number of phenolic OH excluding ortho intramolecular Hbond substituents is 1. The fourth-order valence-corrected chi connectivity index (χ4v) is 1.47. The van der Waals surface area contributed by atoms with Crippen molar-refractivity contribution in [3.63, 3.8) is 0 Å². The van der Waals surface area contributed by atoms with Crippen LogP contribution >= 0.6 is 0 Å². The highest BCUT2D eigenvalue weighted by molar-refractivity contribution is 5.69. The molecule has 0 aromatic heterocycles. The maximum atomic E-state index is 11.0. The lowest BCUT2D eigenvalue weighted by Crippen LogP contribution is -2.09. The predicted octanol–water partition coefficient (Wildman–Crippen LogP) is 2.13. The molecule has 0 saturated heterocycles. The molecule has 1 N–H and O–H groups in total. The Labute approximate surface area is 89.7 Å². The second-order valence-electron chi connectivity index (χ2n) is 3.76. The van der Waals surface area contributed by atoms with E-state index in [0.717, 1.165) is 12.0 Å². The molecule has 15 heavy (non-hydrogen) atoms. The number of rotatable bonds is 4. The van der Waals surface area contributed by atoms with Crippen LogP contribution in [0.15, 0.2) is 24.3 Å². The Morgan fingerprint density at radius 3 is 2.53 bits per heavy atom. The van der Waals surface area contributed by atoms with Gasteiger partial charge in [-0.2, -0.15) is 0 Å². The molecule has 82 valence electrons. The number of hydrogen-bond acceptors (Lipinski definition) is 3. The Balaban J connectivity index is 2.47. The molecule has 0 aliphatic rings. The number of ether oxygens (including phenoxy) is 1. The Hall–Kier alpha value is -1.51. The van der Waals surface area contributed by atoms with Crippen molar-refractivity contribution in [2.24, 2.45) is 5.92 Å². The molecule has 0 fully saturated rings. The normalized spacial score (nSPS) is 12.1. The maximum Gasteiger partial charge on any atom is 0.305 e. The van der Waals surface area contributed by atoms with Crippen molar-refractivity contribution in [1.29, 1.82) is 0 Å². The van der Waals surface area contributed by atoms with Crippen molar-refractivity contribution in [3.8, 4) is 5.75 Å². The van der Waals surface area contributed by atoms with Crippen LogP contribution in [0.25, 0.3) is 0 Å². The topological polar surface area (TPSA) is 46.5 Å². The molecule has 0 saturated carbocycles. The highest BCUT2D eigenvalue weighted by Crippen LogP contribution is 2.15. The molecule has 0 heterocycles. The van der Waals surface area contributed by atoms with Gasteiger partial charge < -0.3 is 9.84 Å². The number of hydrogen-bond donors (Lipinski definition) is 1. The Morgan fingerprint density at radius 1 is 1.40 bits per heavy atom. The quantitative estimate of drug-likeness (QED) is 0.771.